The number of nitrogens with zero attached hydrogens (tertiary/aromatic N) is 1. The fourth-order valence-electron chi connectivity index (χ4n) is 2.74. The Morgan fingerprint density at radius 2 is 1.61 bits per heavy atom. The SMILES string of the molecule is CCOc1ccccc1NC(=O)[C@H](Oc1ccccc1C#N)c1ccccc1. The van der Waals surface area contributed by atoms with Crippen LogP contribution < -0.4 is 14.8 Å². The van der Waals surface area contributed by atoms with Crippen LogP contribution in [-0.2, 0) is 4.79 Å². The molecule has 3 aromatic carbocycles. The Morgan fingerprint density at radius 1 is 0.964 bits per heavy atom. The maximum Gasteiger partial charge on any atom is 0.270 e. The molecule has 1 amide bonds. The minimum Gasteiger partial charge on any atom is -0.492 e. The van der Waals surface area contributed by atoms with Crippen molar-refractivity contribution in [2.24, 2.45) is 0 Å². The molecule has 140 valence electrons. The number of hydrogen-bond acceptors (Lipinski definition) is 4. The zero-order valence-electron chi connectivity index (χ0n) is 15.5. The lowest BCUT2D eigenvalue weighted by Gasteiger charge is -2.20. The molecule has 0 saturated heterocycles. The van der Waals surface area contributed by atoms with Crippen LogP contribution in [0.1, 0.15) is 24.2 Å². The first kappa shape index (κ1) is 19.0. The molecule has 3 aromatic rings. The Kier molecular flexibility index (Phi) is 6.27. The molecule has 0 radical (unpaired) electrons. The molecule has 0 aliphatic rings. The number of carbonyl (C=O) groups excluding carboxylic acids is 1. The van der Waals surface area contributed by atoms with Crippen LogP contribution in [0.25, 0.3) is 0 Å². The molecule has 5 heteroatoms. The molecule has 0 unspecified atom stereocenters. The van der Waals surface area contributed by atoms with E-state index < -0.39 is 6.10 Å². The number of hydrogen-bond donors (Lipinski definition) is 1. The zero-order valence-corrected chi connectivity index (χ0v) is 15.5. The predicted molar refractivity (Wildman–Crippen MR) is 107 cm³/mol. The van der Waals surface area contributed by atoms with Crippen molar-refractivity contribution in [1.82, 2.24) is 0 Å². The molecule has 0 aromatic heterocycles. The number of nitriles is 1. The number of rotatable bonds is 7. The molecule has 28 heavy (non-hydrogen) atoms. The Balaban J connectivity index is 1.91. The molecular formula is C23H20N2O3. The van der Waals surface area contributed by atoms with Gasteiger partial charge in [-0.15, -0.1) is 0 Å². The van der Waals surface area contributed by atoms with Gasteiger partial charge in [0.05, 0.1) is 17.9 Å². The van der Waals surface area contributed by atoms with Crippen molar-refractivity contribution < 1.29 is 14.3 Å². The van der Waals surface area contributed by atoms with Gasteiger partial charge in [-0.2, -0.15) is 5.26 Å². The fraction of sp³-hybridized carbons (Fsp3) is 0.130. The Morgan fingerprint density at radius 3 is 2.32 bits per heavy atom. The summed E-state index contributed by atoms with van der Waals surface area (Å²) >= 11 is 0. The molecule has 3 rings (SSSR count). The average Bonchev–Trinajstić information content (AvgIpc) is 2.74. The van der Waals surface area contributed by atoms with Gasteiger partial charge in [-0.1, -0.05) is 54.6 Å². The number of ether oxygens (including phenoxy) is 2. The summed E-state index contributed by atoms with van der Waals surface area (Å²) in [6.07, 6.45) is -0.926. The van der Waals surface area contributed by atoms with Crippen LogP contribution in [0.4, 0.5) is 5.69 Å². The molecule has 0 aliphatic carbocycles. The summed E-state index contributed by atoms with van der Waals surface area (Å²) in [6, 6.07) is 25.3. The summed E-state index contributed by atoms with van der Waals surface area (Å²) in [5, 5.41) is 12.2. The number of carbonyl (C=O) groups is 1. The van der Waals surface area contributed by atoms with Crippen LogP contribution in [0.15, 0.2) is 78.9 Å². The number of amides is 1. The normalized spacial score (nSPS) is 11.1. The lowest BCUT2D eigenvalue weighted by Crippen LogP contribution is -2.26. The largest absolute Gasteiger partial charge is 0.492 e. The molecule has 0 spiro atoms. The highest BCUT2D eigenvalue weighted by molar-refractivity contribution is 5.96. The summed E-state index contributed by atoms with van der Waals surface area (Å²) in [4.78, 5) is 13.1. The minimum atomic E-state index is -0.926. The molecule has 5 nitrogen and oxygen atoms in total. The Hall–Kier alpha value is -3.78. The quantitative estimate of drug-likeness (QED) is 0.652. The number of nitrogens with one attached hydrogen (secondary N) is 1. The minimum absolute atomic E-state index is 0.354. The highest BCUT2D eigenvalue weighted by atomic mass is 16.5. The number of para-hydroxylation sites is 3. The van der Waals surface area contributed by atoms with E-state index in [0.717, 1.165) is 0 Å². The van der Waals surface area contributed by atoms with Gasteiger partial charge in [0.1, 0.15) is 17.6 Å². The molecule has 0 heterocycles. The van der Waals surface area contributed by atoms with Crippen LogP contribution in [0.3, 0.4) is 0 Å². The lowest BCUT2D eigenvalue weighted by atomic mass is 10.1. The van der Waals surface area contributed by atoms with E-state index in [1.165, 1.54) is 0 Å². The summed E-state index contributed by atoms with van der Waals surface area (Å²) < 4.78 is 11.6. The van der Waals surface area contributed by atoms with E-state index in [2.05, 4.69) is 11.4 Å². The van der Waals surface area contributed by atoms with E-state index in [9.17, 15) is 10.1 Å². The van der Waals surface area contributed by atoms with Crippen molar-refractivity contribution >= 4 is 11.6 Å². The first-order valence-corrected chi connectivity index (χ1v) is 8.96. The van der Waals surface area contributed by atoms with E-state index in [0.29, 0.717) is 34.9 Å². The van der Waals surface area contributed by atoms with Crippen LogP contribution >= 0.6 is 0 Å². The second-order valence-corrected chi connectivity index (χ2v) is 5.93. The van der Waals surface area contributed by atoms with Crippen LogP contribution in [0, 0.1) is 11.3 Å². The summed E-state index contributed by atoms with van der Waals surface area (Å²) in [5.74, 6) is 0.584. The van der Waals surface area contributed by atoms with Crippen LogP contribution in [0.2, 0.25) is 0 Å². The third kappa shape index (κ3) is 4.49. The van der Waals surface area contributed by atoms with Crippen molar-refractivity contribution in [3.05, 3.63) is 90.0 Å². The molecule has 1 N–H and O–H groups in total. The Labute approximate surface area is 164 Å². The van der Waals surface area contributed by atoms with Gasteiger partial charge in [0, 0.05) is 5.56 Å². The molecule has 0 saturated carbocycles. The van der Waals surface area contributed by atoms with Crippen molar-refractivity contribution in [2.45, 2.75) is 13.0 Å². The van der Waals surface area contributed by atoms with E-state index >= 15 is 0 Å². The van der Waals surface area contributed by atoms with Crippen molar-refractivity contribution in [3.8, 4) is 17.6 Å². The zero-order chi connectivity index (χ0) is 19.8. The first-order chi connectivity index (χ1) is 13.7. The second-order valence-electron chi connectivity index (χ2n) is 5.93. The monoisotopic (exact) mass is 372 g/mol. The molecule has 1 atom stereocenters. The molecule has 0 bridgehead atoms. The predicted octanol–water partition coefficient (Wildman–Crippen LogP) is 4.72. The highest BCUT2D eigenvalue weighted by Crippen LogP contribution is 2.29. The summed E-state index contributed by atoms with van der Waals surface area (Å²) in [7, 11) is 0. The fourth-order valence-corrected chi connectivity index (χ4v) is 2.74. The van der Waals surface area contributed by atoms with E-state index in [1.54, 1.807) is 36.4 Å². The first-order valence-electron chi connectivity index (χ1n) is 8.96. The third-order valence-electron chi connectivity index (χ3n) is 4.04. The van der Waals surface area contributed by atoms with Gasteiger partial charge < -0.3 is 14.8 Å². The van der Waals surface area contributed by atoms with Crippen LogP contribution in [-0.4, -0.2) is 12.5 Å². The lowest BCUT2D eigenvalue weighted by molar-refractivity contribution is -0.123. The average molecular weight is 372 g/mol. The molecule has 0 aliphatic heterocycles. The summed E-state index contributed by atoms with van der Waals surface area (Å²) in [6.45, 7) is 2.37. The third-order valence-corrected chi connectivity index (χ3v) is 4.04. The van der Waals surface area contributed by atoms with E-state index in [-0.39, 0.29) is 5.91 Å². The topological polar surface area (TPSA) is 71.3 Å². The van der Waals surface area contributed by atoms with E-state index in [4.69, 9.17) is 9.47 Å². The van der Waals surface area contributed by atoms with Gasteiger partial charge in [0.15, 0.2) is 0 Å². The summed E-state index contributed by atoms with van der Waals surface area (Å²) in [5.41, 5.74) is 1.61. The van der Waals surface area contributed by atoms with Gasteiger partial charge in [-0.3, -0.25) is 4.79 Å². The highest BCUT2D eigenvalue weighted by Gasteiger charge is 2.24. The smallest absolute Gasteiger partial charge is 0.270 e. The second kappa shape index (κ2) is 9.24. The van der Waals surface area contributed by atoms with E-state index in [1.807, 2.05) is 49.4 Å². The Bertz CT molecular complexity index is 980. The maximum atomic E-state index is 13.1. The van der Waals surface area contributed by atoms with Crippen LogP contribution in [0.5, 0.6) is 11.5 Å². The van der Waals surface area contributed by atoms with Gasteiger partial charge in [-0.25, -0.2) is 0 Å². The van der Waals surface area contributed by atoms with Gasteiger partial charge in [-0.05, 0) is 31.2 Å². The standard InChI is InChI=1S/C23H20N2O3/c1-2-27-21-15-9-7-13-19(21)25-23(26)22(17-10-4-3-5-11-17)28-20-14-8-6-12-18(20)16-24/h3-15,22H,2H2,1H3,(H,25,26)/t22-/m1/s1. The number of anilines is 1. The molecular weight excluding hydrogens is 352 g/mol. The van der Waals surface area contributed by atoms with Crippen molar-refractivity contribution in [2.75, 3.05) is 11.9 Å². The van der Waals surface area contributed by atoms with Crippen molar-refractivity contribution in [1.29, 1.82) is 5.26 Å². The number of benzene rings is 3. The van der Waals surface area contributed by atoms with Gasteiger partial charge in [0.25, 0.3) is 5.91 Å². The maximum absolute atomic E-state index is 13.1. The molecule has 0 fully saturated rings. The van der Waals surface area contributed by atoms with Gasteiger partial charge >= 0.3 is 0 Å². The van der Waals surface area contributed by atoms with Crippen molar-refractivity contribution in [3.63, 3.8) is 0 Å². The van der Waals surface area contributed by atoms with Gasteiger partial charge in [0.2, 0.25) is 6.10 Å².